The Bertz CT molecular complexity index is 661. The second-order valence-corrected chi connectivity index (χ2v) is 4.37. The normalized spacial score (nSPS) is 25.0. The van der Waals surface area contributed by atoms with Crippen LogP contribution in [0.25, 0.3) is 0 Å². The van der Waals surface area contributed by atoms with E-state index in [1.54, 1.807) is 0 Å². The van der Waals surface area contributed by atoms with Crippen molar-refractivity contribution >= 4 is 29.7 Å². The number of nitrogens with one attached hydrogen (secondary N) is 1. The number of hydrogen-bond donors (Lipinski definition) is 1. The molecule has 1 unspecified atom stereocenters. The molecule has 2 aliphatic heterocycles. The molecule has 8 nitrogen and oxygen atoms in total. The number of imide groups is 3. The molecule has 108 valence electrons. The lowest BCUT2D eigenvalue weighted by molar-refractivity contribution is -0.154. The van der Waals surface area contributed by atoms with E-state index in [-0.39, 0.29) is 11.1 Å². The molecule has 0 aromatic rings. The smallest absolute Gasteiger partial charge is 0.275 e. The summed E-state index contributed by atoms with van der Waals surface area (Å²) in [6.45, 7) is 6.87. The highest BCUT2D eigenvalue weighted by atomic mass is 16.2. The second-order valence-electron chi connectivity index (χ2n) is 4.37. The molecule has 1 N–H and O–H groups in total. The number of carbonyl (C=O) groups excluding carboxylic acids is 5. The third-order valence-electron chi connectivity index (χ3n) is 3.14. The predicted octanol–water partition coefficient (Wildman–Crippen LogP) is -0.899. The number of carbonyl (C=O) groups is 5. The average Bonchev–Trinajstić information content (AvgIpc) is 2.63. The molecule has 2 heterocycles. The third-order valence-corrected chi connectivity index (χ3v) is 3.14. The summed E-state index contributed by atoms with van der Waals surface area (Å²) in [4.78, 5) is 60.5. The van der Waals surface area contributed by atoms with E-state index in [9.17, 15) is 24.0 Å². The van der Waals surface area contributed by atoms with E-state index < -0.39 is 35.7 Å². The first-order chi connectivity index (χ1) is 9.81. The van der Waals surface area contributed by atoms with Crippen LogP contribution in [-0.2, 0) is 19.2 Å². The molecule has 0 radical (unpaired) electrons. The molecule has 0 spiro atoms. The molecule has 2 saturated heterocycles. The highest BCUT2D eigenvalue weighted by Gasteiger charge is 2.51. The number of likely N-dealkylation sites (N-methyl/N-ethyl adjacent to an activating group) is 1. The van der Waals surface area contributed by atoms with Gasteiger partial charge in [-0.2, -0.15) is 0 Å². The van der Waals surface area contributed by atoms with Crippen LogP contribution in [0, 0.1) is 0 Å². The quantitative estimate of drug-likeness (QED) is 0.403. The summed E-state index contributed by atoms with van der Waals surface area (Å²) in [6.07, 6.45) is 2.55. The van der Waals surface area contributed by atoms with Crippen LogP contribution in [0.5, 0.6) is 0 Å². The van der Waals surface area contributed by atoms with Crippen LogP contribution in [0.3, 0.4) is 0 Å². The van der Waals surface area contributed by atoms with Gasteiger partial charge >= 0.3 is 6.03 Å². The summed E-state index contributed by atoms with van der Waals surface area (Å²) < 4.78 is 0. The maximum Gasteiger partial charge on any atom is 0.330 e. The number of barbiturate groups is 1. The Morgan fingerprint density at radius 1 is 1.14 bits per heavy atom. The van der Waals surface area contributed by atoms with Gasteiger partial charge < -0.3 is 0 Å². The molecular weight excluding hydrogens is 278 g/mol. The molecule has 21 heavy (non-hydrogen) atoms. The lowest BCUT2D eigenvalue weighted by Crippen LogP contribution is -2.65. The number of allylic oxidation sites excluding steroid dienone is 2. The Labute approximate surface area is 119 Å². The SMILES string of the molecule is C=C/C=C1\C(=C)C(=O)N(C2C(=O)NC(=O)N(C)C2=O)C1=O. The Hall–Kier alpha value is -3.03. The van der Waals surface area contributed by atoms with E-state index in [0.717, 1.165) is 7.05 Å². The monoisotopic (exact) mass is 289 g/mol. The van der Waals surface area contributed by atoms with Crippen molar-refractivity contribution in [2.75, 3.05) is 7.05 Å². The Kier molecular flexibility index (Phi) is 3.30. The number of amides is 6. The Balaban J connectivity index is 2.46. The third kappa shape index (κ3) is 1.97. The van der Waals surface area contributed by atoms with Crippen molar-refractivity contribution in [3.8, 4) is 0 Å². The van der Waals surface area contributed by atoms with Gasteiger partial charge in [-0.3, -0.25) is 34.3 Å². The molecule has 2 fully saturated rings. The van der Waals surface area contributed by atoms with Gasteiger partial charge in [-0.05, 0) is 6.08 Å². The molecule has 2 aliphatic rings. The van der Waals surface area contributed by atoms with E-state index in [2.05, 4.69) is 13.2 Å². The number of nitrogens with zero attached hydrogens (tertiary/aromatic N) is 2. The molecule has 0 aromatic carbocycles. The van der Waals surface area contributed by atoms with E-state index in [4.69, 9.17) is 0 Å². The molecule has 8 heteroatoms. The molecule has 0 bridgehead atoms. The van der Waals surface area contributed by atoms with E-state index in [1.807, 2.05) is 5.32 Å². The fourth-order valence-corrected chi connectivity index (χ4v) is 2.02. The van der Waals surface area contributed by atoms with Crippen LogP contribution in [0.4, 0.5) is 4.79 Å². The van der Waals surface area contributed by atoms with Gasteiger partial charge in [0.2, 0.25) is 0 Å². The number of rotatable bonds is 2. The average molecular weight is 289 g/mol. The molecular formula is C13H11N3O5. The van der Waals surface area contributed by atoms with Gasteiger partial charge in [-0.25, -0.2) is 4.79 Å². The van der Waals surface area contributed by atoms with Crippen molar-refractivity contribution in [1.29, 1.82) is 0 Å². The number of urea groups is 1. The first kappa shape index (κ1) is 14.4. The van der Waals surface area contributed by atoms with Crippen LogP contribution in [0.15, 0.2) is 36.5 Å². The van der Waals surface area contributed by atoms with Gasteiger partial charge in [0.05, 0.1) is 5.57 Å². The maximum atomic E-state index is 12.2. The minimum atomic E-state index is -1.72. The first-order valence-electron chi connectivity index (χ1n) is 5.83. The number of hydrogen-bond acceptors (Lipinski definition) is 5. The highest BCUT2D eigenvalue weighted by Crippen LogP contribution is 2.27. The number of likely N-dealkylation sites (tertiary alicyclic amines) is 1. The fraction of sp³-hybridized carbons (Fsp3) is 0.154. The summed E-state index contributed by atoms with van der Waals surface area (Å²) in [6, 6.07) is -2.64. The Morgan fingerprint density at radius 3 is 2.33 bits per heavy atom. The lowest BCUT2D eigenvalue weighted by Gasteiger charge is -2.31. The van der Waals surface area contributed by atoms with Gasteiger partial charge in [0.15, 0.2) is 6.04 Å². The van der Waals surface area contributed by atoms with Crippen molar-refractivity contribution in [2.24, 2.45) is 0 Å². The zero-order chi connectivity index (χ0) is 15.9. The molecule has 0 aliphatic carbocycles. The van der Waals surface area contributed by atoms with Crippen molar-refractivity contribution in [2.45, 2.75) is 6.04 Å². The van der Waals surface area contributed by atoms with Crippen LogP contribution in [-0.4, -0.2) is 52.5 Å². The highest BCUT2D eigenvalue weighted by molar-refractivity contribution is 6.30. The van der Waals surface area contributed by atoms with Crippen molar-refractivity contribution < 1.29 is 24.0 Å². The minimum Gasteiger partial charge on any atom is -0.275 e. The molecule has 6 amide bonds. The summed E-state index contributed by atoms with van der Waals surface area (Å²) in [5.74, 6) is -3.68. The second kappa shape index (κ2) is 4.82. The minimum absolute atomic E-state index is 0.0462. The molecule has 0 saturated carbocycles. The zero-order valence-electron chi connectivity index (χ0n) is 11.1. The van der Waals surface area contributed by atoms with Crippen LogP contribution in [0.1, 0.15) is 0 Å². The van der Waals surface area contributed by atoms with Gasteiger partial charge in [0.25, 0.3) is 23.6 Å². The summed E-state index contributed by atoms with van der Waals surface area (Å²) in [5, 5.41) is 1.90. The van der Waals surface area contributed by atoms with Crippen molar-refractivity contribution in [3.63, 3.8) is 0 Å². The summed E-state index contributed by atoms with van der Waals surface area (Å²) in [5.41, 5.74) is -0.185. The van der Waals surface area contributed by atoms with Crippen LogP contribution < -0.4 is 5.32 Å². The molecule has 2 rings (SSSR count). The predicted molar refractivity (Wildman–Crippen MR) is 69.4 cm³/mol. The van der Waals surface area contributed by atoms with Gasteiger partial charge in [0, 0.05) is 12.6 Å². The van der Waals surface area contributed by atoms with E-state index in [1.165, 1.54) is 12.2 Å². The maximum absolute atomic E-state index is 12.2. The first-order valence-corrected chi connectivity index (χ1v) is 5.83. The summed E-state index contributed by atoms with van der Waals surface area (Å²) >= 11 is 0. The summed E-state index contributed by atoms with van der Waals surface area (Å²) in [7, 11) is 1.14. The van der Waals surface area contributed by atoms with Gasteiger partial charge in [-0.1, -0.05) is 19.2 Å². The largest absolute Gasteiger partial charge is 0.330 e. The van der Waals surface area contributed by atoms with E-state index >= 15 is 0 Å². The van der Waals surface area contributed by atoms with E-state index in [0.29, 0.717) is 9.80 Å². The molecule has 0 aromatic heterocycles. The van der Waals surface area contributed by atoms with Crippen molar-refractivity contribution in [3.05, 3.63) is 36.5 Å². The van der Waals surface area contributed by atoms with Crippen molar-refractivity contribution in [1.82, 2.24) is 15.1 Å². The zero-order valence-corrected chi connectivity index (χ0v) is 11.1. The fourth-order valence-electron chi connectivity index (χ4n) is 2.02. The van der Waals surface area contributed by atoms with Crippen LogP contribution in [0.2, 0.25) is 0 Å². The lowest BCUT2D eigenvalue weighted by atomic mass is 10.1. The van der Waals surface area contributed by atoms with Gasteiger partial charge in [0.1, 0.15) is 0 Å². The molecule has 1 atom stereocenters. The standard InChI is InChI=1S/C13H11N3O5/c1-4-5-7-6(2)10(18)16(11(7)19)8-9(17)14-13(21)15(3)12(8)20/h4-5,8H,1-2H2,3H3,(H,14,17,21)/b7-5+. The van der Waals surface area contributed by atoms with Gasteiger partial charge in [-0.15, -0.1) is 0 Å². The topological polar surface area (TPSA) is 104 Å². The Morgan fingerprint density at radius 2 is 1.76 bits per heavy atom. The van der Waals surface area contributed by atoms with Crippen LogP contribution >= 0.6 is 0 Å².